The van der Waals surface area contributed by atoms with Crippen LogP contribution in [0.15, 0.2) is 27.5 Å². The maximum atomic E-state index is 13.7. The number of likely N-dealkylation sites (tertiary alicyclic amines) is 1. The Hall–Kier alpha value is -3.17. The van der Waals surface area contributed by atoms with E-state index in [-0.39, 0.29) is 40.5 Å². The molecule has 0 radical (unpaired) electrons. The minimum atomic E-state index is -4.60. The maximum absolute atomic E-state index is 13.7. The van der Waals surface area contributed by atoms with E-state index in [1.807, 2.05) is 13.8 Å². The molecule has 0 aliphatic carbocycles. The van der Waals surface area contributed by atoms with Crippen molar-refractivity contribution in [2.45, 2.75) is 51.6 Å². The van der Waals surface area contributed by atoms with Gasteiger partial charge in [0.1, 0.15) is 5.56 Å². The Morgan fingerprint density at radius 1 is 1.31 bits per heavy atom. The number of aromatic amines is 1. The van der Waals surface area contributed by atoms with Crippen molar-refractivity contribution < 1.29 is 22.5 Å². The van der Waals surface area contributed by atoms with Crippen LogP contribution in [0.4, 0.5) is 13.2 Å². The van der Waals surface area contributed by atoms with Gasteiger partial charge < -0.3 is 14.4 Å². The van der Waals surface area contributed by atoms with E-state index < -0.39 is 29.1 Å². The second-order valence-electron chi connectivity index (χ2n) is 8.44. The number of nitrogens with one attached hydrogen (secondary N) is 1. The number of aryl methyl sites for hydroxylation is 1. The summed E-state index contributed by atoms with van der Waals surface area (Å²) in [5.74, 6) is -0.758. The second kappa shape index (κ2) is 8.07. The van der Waals surface area contributed by atoms with Gasteiger partial charge in [-0.15, -0.1) is 0 Å². The number of hydrogen-bond donors (Lipinski definition) is 1. The molecule has 1 atom stereocenters. The van der Waals surface area contributed by atoms with Gasteiger partial charge in [-0.3, -0.25) is 9.59 Å². The highest BCUT2D eigenvalue weighted by atomic mass is 19.4. The van der Waals surface area contributed by atoms with Crippen LogP contribution in [-0.4, -0.2) is 39.0 Å². The van der Waals surface area contributed by atoms with E-state index in [2.05, 4.69) is 15.1 Å². The van der Waals surface area contributed by atoms with E-state index in [9.17, 15) is 22.8 Å². The lowest BCUT2D eigenvalue weighted by atomic mass is 9.92. The summed E-state index contributed by atoms with van der Waals surface area (Å²) in [6, 6.07) is 4.23. The molecule has 0 saturated carbocycles. The Morgan fingerprint density at radius 2 is 2.06 bits per heavy atom. The Labute approximate surface area is 181 Å². The zero-order chi connectivity index (χ0) is 23.2. The van der Waals surface area contributed by atoms with Crippen molar-refractivity contribution in [1.82, 2.24) is 20.0 Å². The number of fused-ring (bicyclic) bond motifs is 1. The smallest absolute Gasteiger partial charge is 0.338 e. The lowest BCUT2D eigenvalue weighted by Crippen LogP contribution is -2.41. The van der Waals surface area contributed by atoms with Crippen molar-refractivity contribution in [3.8, 4) is 0 Å². The lowest BCUT2D eigenvalue weighted by Gasteiger charge is -2.32. The van der Waals surface area contributed by atoms with Crippen molar-refractivity contribution in [2.75, 3.05) is 13.1 Å². The number of H-pyrrole nitrogens is 1. The fraction of sp³-hybridized carbons (Fsp3) is 0.455. The number of carbonyl (C=O) groups is 1. The Kier molecular flexibility index (Phi) is 5.56. The van der Waals surface area contributed by atoms with Gasteiger partial charge in [-0.1, -0.05) is 19.0 Å². The molecule has 1 unspecified atom stereocenters. The van der Waals surface area contributed by atoms with Crippen LogP contribution in [0, 0.1) is 6.92 Å². The molecule has 3 aromatic heterocycles. The zero-order valence-electron chi connectivity index (χ0n) is 17.9. The van der Waals surface area contributed by atoms with E-state index in [0.29, 0.717) is 19.4 Å². The van der Waals surface area contributed by atoms with Crippen molar-refractivity contribution in [3.63, 3.8) is 0 Å². The standard InChI is InChI=1S/C22H23F3N4O3/c1-11(2)16-7-6-14(19(30)26-16)21(31)29-8-4-5-13(10-29)17-9-15(22(23,24)25)18-12(3)28-32-20(18)27-17/h6-7,9,11,13H,4-5,8,10H2,1-3H3,(H,26,30). The monoisotopic (exact) mass is 448 g/mol. The predicted octanol–water partition coefficient (Wildman–Crippen LogP) is 4.38. The van der Waals surface area contributed by atoms with Gasteiger partial charge in [-0.05, 0) is 43.9 Å². The van der Waals surface area contributed by atoms with Gasteiger partial charge in [0, 0.05) is 24.7 Å². The fourth-order valence-electron chi connectivity index (χ4n) is 4.11. The summed E-state index contributed by atoms with van der Waals surface area (Å²) in [5.41, 5.74) is -0.433. The first-order chi connectivity index (χ1) is 15.1. The van der Waals surface area contributed by atoms with E-state index >= 15 is 0 Å². The summed E-state index contributed by atoms with van der Waals surface area (Å²) in [7, 11) is 0. The van der Waals surface area contributed by atoms with Crippen molar-refractivity contribution in [3.05, 3.63) is 56.8 Å². The topological polar surface area (TPSA) is 92.1 Å². The molecule has 0 spiro atoms. The molecule has 170 valence electrons. The number of hydrogen-bond acceptors (Lipinski definition) is 5. The fourth-order valence-corrected chi connectivity index (χ4v) is 4.11. The van der Waals surface area contributed by atoms with Crippen molar-refractivity contribution >= 4 is 17.0 Å². The normalized spacial score (nSPS) is 17.3. The van der Waals surface area contributed by atoms with Crippen LogP contribution in [0.2, 0.25) is 0 Å². The third-order valence-corrected chi connectivity index (χ3v) is 5.85. The maximum Gasteiger partial charge on any atom is 0.417 e. The van der Waals surface area contributed by atoms with E-state index in [1.54, 1.807) is 6.07 Å². The van der Waals surface area contributed by atoms with E-state index in [1.165, 1.54) is 17.9 Å². The molecular weight excluding hydrogens is 425 g/mol. The van der Waals surface area contributed by atoms with Crippen LogP contribution >= 0.6 is 0 Å². The molecule has 32 heavy (non-hydrogen) atoms. The minimum absolute atomic E-state index is 0.0142. The highest BCUT2D eigenvalue weighted by molar-refractivity contribution is 5.94. The average Bonchev–Trinajstić information content (AvgIpc) is 3.12. The average molecular weight is 448 g/mol. The SMILES string of the molecule is Cc1noc2nc(C3CCCN(C(=O)c4ccc(C(C)C)[nH]c4=O)C3)cc(C(F)(F)F)c12. The van der Waals surface area contributed by atoms with Gasteiger partial charge in [0.2, 0.25) is 0 Å². The highest BCUT2D eigenvalue weighted by Crippen LogP contribution is 2.38. The third kappa shape index (κ3) is 4.01. The molecule has 0 aromatic carbocycles. The molecule has 1 fully saturated rings. The molecular formula is C22H23F3N4O3. The van der Waals surface area contributed by atoms with Gasteiger partial charge in [0.05, 0.1) is 22.3 Å². The van der Waals surface area contributed by atoms with Crippen LogP contribution in [0.1, 0.15) is 71.5 Å². The third-order valence-electron chi connectivity index (χ3n) is 5.85. The van der Waals surface area contributed by atoms with Crippen LogP contribution in [0.5, 0.6) is 0 Å². The summed E-state index contributed by atoms with van der Waals surface area (Å²) in [6.45, 7) is 5.86. The molecule has 1 aliphatic rings. The number of rotatable bonds is 3. The zero-order valence-corrected chi connectivity index (χ0v) is 17.9. The molecule has 1 amide bonds. The number of nitrogens with zero attached hydrogens (tertiary/aromatic N) is 3. The summed E-state index contributed by atoms with van der Waals surface area (Å²) < 4.78 is 46.1. The second-order valence-corrected chi connectivity index (χ2v) is 8.44. The summed E-state index contributed by atoms with van der Waals surface area (Å²) in [5, 5.41) is 3.48. The van der Waals surface area contributed by atoms with Crippen LogP contribution < -0.4 is 5.56 Å². The predicted molar refractivity (Wildman–Crippen MR) is 111 cm³/mol. The van der Waals surface area contributed by atoms with E-state index in [4.69, 9.17) is 4.52 Å². The molecule has 7 nitrogen and oxygen atoms in total. The van der Waals surface area contributed by atoms with Gasteiger partial charge in [-0.2, -0.15) is 13.2 Å². The van der Waals surface area contributed by atoms with Crippen LogP contribution in [0.3, 0.4) is 0 Å². The molecule has 4 heterocycles. The molecule has 4 rings (SSSR count). The Morgan fingerprint density at radius 3 is 2.72 bits per heavy atom. The number of aromatic nitrogens is 3. The molecule has 1 saturated heterocycles. The molecule has 10 heteroatoms. The Bertz CT molecular complexity index is 1230. The number of amides is 1. The van der Waals surface area contributed by atoms with Gasteiger partial charge in [-0.25, -0.2) is 4.98 Å². The molecule has 1 N–H and O–H groups in total. The largest absolute Gasteiger partial charge is 0.417 e. The van der Waals surface area contributed by atoms with Gasteiger partial charge in [0.25, 0.3) is 17.2 Å². The molecule has 3 aromatic rings. The summed E-state index contributed by atoms with van der Waals surface area (Å²) >= 11 is 0. The van der Waals surface area contributed by atoms with Crippen molar-refractivity contribution in [2.24, 2.45) is 0 Å². The first-order valence-corrected chi connectivity index (χ1v) is 10.4. The number of alkyl halides is 3. The Balaban J connectivity index is 1.64. The molecule has 1 aliphatic heterocycles. The number of pyridine rings is 2. The summed E-state index contributed by atoms with van der Waals surface area (Å²) in [4.78, 5) is 33.9. The lowest BCUT2D eigenvalue weighted by molar-refractivity contribution is -0.136. The van der Waals surface area contributed by atoms with Crippen LogP contribution in [0.25, 0.3) is 11.1 Å². The first kappa shape index (κ1) is 22.0. The number of carbonyl (C=O) groups excluding carboxylic acids is 1. The highest BCUT2D eigenvalue weighted by Gasteiger charge is 2.37. The number of piperidine rings is 1. The van der Waals surface area contributed by atoms with Crippen LogP contribution in [-0.2, 0) is 6.18 Å². The van der Waals surface area contributed by atoms with Gasteiger partial charge >= 0.3 is 6.18 Å². The minimum Gasteiger partial charge on any atom is -0.338 e. The van der Waals surface area contributed by atoms with Crippen molar-refractivity contribution in [1.29, 1.82) is 0 Å². The van der Waals surface area contributed by atoms with E-state index in [0.717, 1.165) is 11.8 Å². The quantitative estimate of drug-likeness (QED) is 0.642. The number of halogens is 3. The van der Waals surface area contributed by atoms with Gasteiger partial charge in [0.15, 0.2) is 0 Å². The molecule has 0 bridgehead atoms. The summed E-state index contributed by atoms with van der Waals surface area (Å²) in [6.07, 6.45) is -3.45. The first-order valence-electron chi connectivity index (χ1n) is 10.4.